The third-order valence-electron chi connectivity index (χ3n) is 4.68. The lowest BCUT2D eigenvalue weighted by Gasteiger charge is -2.08. The first-order chi connectivity index (χ1) is 13.3. The number of aromatic nitrogens is 1. The Morgan fingerprint density at radius 2 is 1.52 bits per heavy atom. The summed E-state index contributed by atoms with van der Waals surface area (Å²) in [5.74, 6) is 0.878. The number of aryl methyl sites for hydroxylation is 1. The topological polar surface area (TPSA) is 31.4 Å². The maximum absolute atomic E-state index is 5.74. The van der Waals surface area contributed by atoms with E-state index in [-0.39, 0.29) is 0 Å². The molecule has 27 heavy (non-hydrogen) atoms. The van der Waals surface area contributed by atoms with E-state index in [1.165, 1.54) is 44.1 Å². The van der Waals surface area contributed by atoms with Crippen LogP contribution in [0.15, 0.2) is 42.6 Å². The minimum Gasteiger partial charge on any atom is -0.491 e. The van der Waals surface area contributed by atoms with E-state index in [1.54, 1.807) is 0 Å². The van der Waals surface area contributed by atoms with Crippen molar-refractivity contribution >= 4 is 0 Å². The zero-order valence-electron chi connectivity index (χ0n) is 17.1. The summed E-state index contributed by atoms with van der Waals surface area (Å²) in [4.78, 5) is 4.63. The first-order valence-corrected chi connectivity index (χ1v) is 10.6. The quantitative estimate of drug-likeness (QED) is 0.358. The number of pyridine rings is 1. The Hall–Kier alpha value is -1.87. The molecule has 1 aromatic heterocycles. The average molecular weight is 370 g/mol. The first kappa shape index (κ1) is 21.4. The average Bonchev–Trinajstić information content (AvgIpc) is 2.71. The highest BCUT2D eigenvalue weighted by molar-refractivity contribution is 5.60. The Balaban J connectivity index is 1.72. The predicted molar refractivity (Wildman–Crippen MR) is 113 cm³/mol. The Morgan fingerprint density at radius 1 is 0.741 bits per heavy atom. The summed E-state index contributed by atoms with van der Waals surface area (Å²) in [6.07, 6.45) is 11.9. The van der Waals surface area contributed by atoms with Crippen LogP contribution in [0.1, 0.15) is 64.4 Å². The molecule has 0 aliphatic heterocycles. The molecule has 0 bridgehead atoms. The molecule has 0 unspecified atom stereocenters. The maximum Gasteiger partial charge on any atom is 0.119 e. The second-order valence-corrected chi connectivity index (χ2v) is 7.05. The summed E-state index contributed by atoms with van der Waals surface area (Å²) < 4.78 is 11.3. The molecular weight excluding hydrogens is 334 g/mol. The Bertz CT molecular complexity index is 607. The van der Waals surface area contributed by atoms with E-state index >= 15 is 0 Å². The van der Waals surface area contributed by atoms with Crippen LogP contribution in [0.2, 0.25) is 0 Å². The first-order valence-electron chi connectivity index (χ1n) is 10.6. The third kappa shape index (κ3) is 8.57. The summed E-state index contributed by atoms with van der Waals surface area (Å²) in [5.41, 5.74) is 3.46. The van der Waals surface area contributed by atoms with E-state index in [0.717, 1.165) is 36.5 Å². The lowest BCUT2D eigenvalue weighted by molar-refractivity contribution is 0.0973. The molecule has 0 aliphatic carbocycles. The Morgan fingerprint density at radius 3 is 2.22 bits per heavy atom. The van der Waals surface area contributed by atoms with Gasteiger partial charge in [0.1, 0.15) is 12.4 Å². The van der Waals surface area contributed by atoms with Crippen LogP contribution in [-0.2, 0) is 11.2 Å². The van der Waals surface area contributed by atoms with Gasteiger partial charge in [0, 0.05) is 18.4 Å². The standard InChI is InChI=1S/C24H35NO2/c1-3-5-7-8-10-21-11-16-24(25-20-21)22-12-14-23(15-13-22)27-19-18-26-17-9-6-4-2/h11-16,20H,3-10,17-19H2,1-2H3. The molecule has 0 saturated heterocycles. The van der Waals surface area contributed by atoms with Gasteiger partial charge in [0.05, 0.1) is 12.3 Å². The van der Waals surface area contributed by atoms with Gasteiger partial charge in [-0.3, -0.25) is 4.98 Å². The van der Waals surface area contributed by atoms with Crippen LogP contribution in [-0.4, -0.2) is 24.8 Å². The second kappa shape index (κ2) is 13.3. The van der Waals surface area contributed by atoms with Crippen LogP contribution in [0.3, 0.4) is 0 Å². The fourth-order valence-corrected chi connectivity index (χ4v) is 3.00. The zero-order valence-corrected chi connectivity index (χ0v) is 17.1. The second-order valence-electron chi connectivity index (χ2n) is 7.05. The van der Waals surface area contributed by atoms with Gasteiger partial charge in [0.25, 0.3) is 0 Å². The fraction of sp³-hybridized carbons (Fsp3) is 0.542. The molecule has 3 heteroatoms. The van der Waals surface area contributed by atoms with Gasteiger partial charge in [-0.15, -0.1) is 0 Å². The monoisotopic (exact) mass is 369 g/mol. The molecule has 0 radical (unpaired) electrons. The van der Waals surface area contributed by atoms with Gasteiger partial charge in [0.15, 0.2) is 0 Å². The summed E-state index contributed by atoms with van der Waals surface area (Å²) in [6.45, 7) is 6.51. The molecule has 0 saturated carbocycles. The lowest BCUT2D eigenvalue weighted by Crippen LogP contribution is -2.07. The minimum atomic E-state index is 0.594. The van der Waals surface area contributed by atoms with Gasteiger partial charge in [-0.25, -0.2) is 0 Å². The number of hydrogen-bond acceptors (Lipinski definition) is 3. The molecular formula is C24H35NO2. The maximum atomic E-state index is 5.74. The number of benzene rings is 1. The van der Waals surface area contributed by atoms with Crippen molar-refractivity contribution in [3.63, 3.8) is 0 Å². The number of ether oxygens (including phenoxy) is 2. The Kier molecular flexibility index (Phi) is 10.6. The smallest absolute Gasteiger partial charge is 0.119 e. The van der Waals surface area contributed by atoms with Gasteiger partial charge < -0.3 is 9.47 Å². The predicted octanol–water partition coefficient (Wildman–Crippen LogP) is 6.46. The van der Waals surface area contributed by atoms with Crippen LogP contribution in [0.4, 0.5) is 0 Å². The highest BCUT2D eigenvalue weighted by atomic mass is 16.5. The van der Waals surface area contributed by atoms with E-state index in [1.807, 2.05) is 18.3 Å². The number of unbranched alkanes of at least 4 members (excludes halogenated alkanes) is 5. The largest absolute Gasteiger partial charge is 0.491 e. The summed E-state index contributed by atoms with van der Waals surface area (Å²) in [6, 6.07) is 12.5. The van der Waals surface area contributed by atoms with Crippen LogP contribution < -0.4 is 4.74 Å². The minimum absolute atomic E-state index is 0.594. The number of nitrogens with zero attached hydrogens (tertiary/aromatic N) is 1. The SMILES string of the molecule is CCCCCCc1ccc(-c2ccc(OCCOCCCCC)cc2)nc1. The van der Waals surface area contributed by atoms with Crippen molar-refractivity contribution in [2.24, 2.45) is 0 Å². The van der Waals surface area contributed by atoms with Gasteiger partial charge in [0.2, 0.25) is 0 Å². The van der Waals surface area contributed by atoms with Crippen LogP contribution >= 0.6 is 0 Å². The van der Waals surface area contributed by atoms with Crippen LogP contribution in [0.25, 0.3) is 11.3 Å². The fourth-order valence-electron chi connectivity index (χ4n) is 3.00. The van der Waals surface area contributed by atoms with E-state index < -0.39 is 0 Å². The van der Waals surface area contributed by atoms with Crippen molar-refractivity contribution in [3.8, 4) is 17.0 Å². The van der Waals surface area contributed by atoms with E-state index in [4.69, 9.17) is 9.47 Å². The summed E-state index contributed by atoms with van der Waals surface area (Å²) >= 11 is 0. The van der Waals surface area contributed by atoms with Gasteiger partial charge >= 0.3 is 0 Å². The third-order valence-corrected chi connectivity index (χ3v) is 4.68. The molecule has 0 aliphatic rings. The molecule has 0 fully saturated rings. The molecule has 3 nitrogen and oxygen atoms in total. The molecule has 1 aromatic carbocycles. The molecule has 0 spiro atoms. The van der Waals surface area contributed by atoms with Crippen molar-refractivity contribution in [1.29, 1.82) is 0 Å². The molecule has 148 valence electrons. The molecule has 0 atom stereocenters. The van der Waals surface area contributed by atoms with Crippen molar-refractivity contribution < 1.29 is 9.47 Å². The molecule has 1 heterocycles. The van der Waals surface area contributed by atoms with Gasteiger partial charge in [-0.2, -0.15) is 0 Å². The van der Waals surface area contributed by atoms with E-state index in [0.29, 0.717) is 13.2 Å². The van der Waals surface area contributed by atoms with Gasteiger partial charge in [-0.05, 0) is 55.2 Å². The van der Waals surface area contributed by atoms with Crippen LogP contribution in [0.5, 0.6) is 5.75 Å². The van der Waals surface area contributed by atoms with E-state index in [9.17, 15) is 0 Å². The van der Waals surface area contributed by atoms with Crippen molar-refractivity contribution in [2.45, 2.75) is 65.2 Å². The molecule has 0 amide bonds. The molecule has 2 rings (SSSR count). The lowest BCUT2D eigenvalue weighted by atomic mass is 10.1. The summed E-state index contributed by atoms with van der Waals surface area (Å²) in [7, 11) is 0. The molecule has 0 N–H and O–H groups in total. The number of hydrogen-bond donors (Lipinski definition) is 0. The zero-order chi connectivity index (χ0) is 19.2. The Labute approximate surface area is 165 Å². The van der Waals surface area contributed by atoms with E-state index in [2.05, 4.69) is 43.1 Å². The van der Waals surface area contributed by atoms with Crippen molar-refractivity contribution in [1.82, 2.24) is 4.98 Å². The van der Waals surface area contributed by atoms with Gasteiger partial charge in [-0.1, -0.05) is 52.0 Å². The van der Waals surface area contributed by atoms with Crippen molar-refractivity contribution in [2.75, 3.05) is 19.8 Å². The number of rotatable bonds is 14. The summed E-state index contributed by atoms with van der Waals surface area (Å²) in [5, 5.41) is 0. The highest BCUT2D eigenvalue weighted by Crippen LogP contribution is 2.21. The van der Waals surface area contributed by atoms with Crippen molar-refractivity contribution in [3.05, 3.63) is 48.2 Å². The molecule has 2 aromatic rings. The highest BCUT2D eigenvalue weighted by Gasteiger charge is 2.02. The van der Waals surface area contributed by atoms with Crippen LogP contribution in [0, 0.1) is 0 Å². The normalized spacial score (nSPS) is 10.9.